The third kappa shape index (κ3) is 1.68. The number of hydrogen-bond acceptors (Lipinski definition) is 3. The monoisotopic (exact) mass is 144 g/mol. The van der Waals surface area contributed by atoms with E-state index in [4.69, 9.17) is 10.5 Å². The fourth-order valence-electron chi connectivity index (χ4n) is 1.26. The molecule has 1 atom stereocenters. The highest BCUT2D eigenvalue weighted by Gasteiger charge is 2.25. The summed E-state index contributed by atoms with van der Waals surface area (Å²) in [6.45, 7) is 3.86. The van der Waals surface area contributed by atoms with Crippen LogP contribution in [0, 0.1) is 0 Å². The minimum atomic E-state index is 0.634. The van der Waals surface area contributed by atoms with Crippen LogP contribution in [0.5, 0.6) is 0 Å². The van der Waals surface area contributed by atoms with Crippen LogP contribution < -0.4 is 5.73 Å². The van der Waals surface area contributed by atoms with E-state index in [1.165, 1.54) is 13.0 Å². The van der Waals surface area contributed by atoms with E-state index < -0.39 is 0 Å². The summed E-state index contributed by atoms with van der Waals surface area (Å²) >= 11 is 0. The highest BCUT2D eigenvalue weighted by atomic mass is 16.5. The second-order valence-electron chi connectivity index (χ2n) is 2.71. The maximum absolute atomic E-state index is 5.51. The first-order valence-electron chi connectivity index (χ1n) is 3.81. The Kier molecular flexibility index (Phi) is 3.12. The summed E-state index contributed by atoms with van der Waals surface area (Å²) in [4.78, 5) is 2.36. The lowest BCUT2D eigenvalue weighted by molar-refractivity contribution is 0.0603. The van der Waals surface area contributed by atoms with Crippen LogP contribution in [0.1, 0.15) is 6.42 Å². The lowest BCUT2D eigenvalue weighted by atomic mass is 10.0. The molecule has 1 unspecified atom stereocenters. The van der Waals surface area contributed by atoms with E-state index >= 15 is 0 Å². The second kappa shape index (κ2) is 3.91. The van der Waals surface area contributed by atoms with Crippen molar-refractivity contribution < 1.29 is 4.74 Å². The highest BCUT2D eigenvalue weighted by molar-refractivity contribution is 4.82. The Bertz CT molecular complexity index is 95.6. The largest absolute Gasteiger partial charge is 0.383 e. The first-order chi connectivity index (χ1) is 4.88. The number of nitrogens with zero attached hydrogens (tertiary/aromatic N) is 1. The molecule has 10 heavy (non-hydrogen) atoms. The molecule has 0 aromatic rings. The highest BCUT2D eigenvalue weighted by Crippen LogP contribution is 2.14. The summed E-state index contributed by atoms with van der Waals surface area (Å²) in [6.07, 6.45) is 1.26. The molecule has 1 saturated heterocycles. The van der Waals surface area contributed by atoms with E-state index in [1.807, 2.05) is 0 Å². The Morgan fingerprint density at radius 3 is 2.90 bits per heavy atom. The van der Waals surface area contributed by atoms with Gasteiger partial charge in [0.15, 0.2) is 0 Å². The van der Waals surface area contributed by atoms with Crippen LogP contribution in [-0.2, 0) is 4.74 Å². The second-order valence-corrected chi connectivity index (χ2v) is 2.71. The van der Waals surface area contributed by atoms with Crippen molar-refractivity contribution in [2.75, 3.05) is 33.4 Å². The van der Waals surface area contributed by atoms with Crippen LogP contribution in [-0.4, -0.2) is 44.3 Å². The van der Waals surface area contributed by atoms with Gasteiger partial charge in [0.25, 0.3) is 0 Å². The minimum absolute atomic E-state index is 0.634. The average molecular weight is 144 g/mol. The van der Waals surface area contributed by atoms with Crippen LogP contribution in [0.3, 0.4) is 0 Å². The molecule has 60 valence electrons. The fourth-order valence-corrected chi connectivity index (χ4v) is 1.26. The Hall–Kier alpha value is -0.120. The first-order valence-corrected chi connectivity index (χ1v) is 3.81. The van der Waals surface area contributed by atoms with Gasteiger partial charge in [0.2, 0.25) is 0 Å². The van der Waals surface area contributed by atoms with Crippen molar-refractivity contribution in [1.29, 1.82) is 0 Å². The molecule has 1 rings (SSSR count). The van der Waals surface area contributed by atoms with Crippen molar-refractivity contribution in [3.8, 4) is 0 Å². The third-order valence-electron chi connectivity index (χ3n) is 2.12. The molecule has 3 nitrogen and oxygen atoms in total. The smallest absolute Gasteiger partial charge is 0.0589 e. The Labute approximate surface area is 62.1 Å². The van der Waals surface area contributed by atoms with E-state index in [1.54, 1.807) is 7.11 Å². The number of likely N-dealkylation sites (tertiary alicyclic amines) is 1. The number of nitrogens with two attached hydrogens (primary N) is 1. The van der Waals surface area contributed by atoms with Crippen LogP contribution in [0.2, 0.25) is 0 Å². The molecular formula is C7H16N2O. The predicted molar refractivity (Wildman–Crippen MR) is 40.9 cm³/mol. The Morgan fingerprint density at radius 1 is 1.70 bits per heavy atom. The number of ether oxygens (including phenoxy) is 1. The molecule has 0 radical (unpaired) electrons. The lowest BCUT2D eigenvalue weighted by Gasteiger charge is -2.40. The van der Waals surface area contributed by atoms with Gasteiger partial charge in [-0.3, -0.25) is 4.90 Å². The van der Waals surface area contributed by atoms with Crippen molar-refractivity contribution >= 4 is 0 Å². The van der Waals surface area contributed by atoms with Gasteiger partial charge in [-0.25, -0.2) is 0 Å². The van der Waals surface area contributed by atoms with E-state index in [2.05, 4.69) is 4.90 Å². The molecule has 0 spiro atoms. The van der Waals surface area contributed by atoms with Crippen molar-refractivity contribution in [1.82, 2.24) is 4.90 Å². The molecule has 0 amide bonds. The van der Waals surface area contributed by atoms with Crippen molar-refractivity contribution in [3.63, 3.8) is 0 Å². The third-order valence-corrected chi connectivity index (χ3v) is 2.12. The van der Waals surface area contributed by atoms with Gasteiger partial charge in [-0.05, 0) is 6.42 Å². The SMILES string of the molecule is COCCN1CCC1CN. The van der Waals surface area contributed by atoms with Crippen LogP contribution in [0.15, 0.2) is 0 Å². The Balaban J connectivity index is 2.05. The Morgan fingerprint density at radius 2 is 2.50 bits per heavy atom. The molecule has 1 aliphatic heterocycles. The van der Waals surface area contributed by atoms with E-state index in [-0.39, 0.29) is 0 Å². The zero-order valence-electron chi connectivity index (χ0n) is 6.55. The molecular weight excluding hydrogens is 128 g/mol. The van der Waals surface area contributed by atoms with Gasteiger partial charge in [-0.2, -0.15) is 0 Å². The molecule has 0 aromatic heterocycles. The van der Waals surface area contributed by atoms with Gasteiger partial charge in [-0.1, -0.05) is 0 Å². The average Bonchev–Trinajstić information content (AvgIpc) is 1.88. The zero-order valence-corrected chi connectivity index (χ0v) is 6.55. The van der Waals surface area contributed by atoms with E-state index in [9.17, 15) is 0 Å². The maximum atomic E-state index is 5.51. The van der Waals surface area contributed by atoms with Crippen molar-refractivity contribution in [2.24, 2.45) is 5.73 Å². The van der Waals surface area contributed by atoms with E-state index in [0.717, 1.165) is 19.7 Å². The normalized spacial score (nSPS) is 26.4. The van der Waals surface area contributed by atoms with Crippen LogP contribution in [0.25, 0.3) is 0 Å². The molecule has 0 bridgehead atoms. The standard InChI is InChI=1S/C7H16N2O/c1-10-5-4-9-3-2-7(9)6-8/h7H,2-6,8H2,1H3. The molecule has 1 heterocycles. The summed E-state index contributed by atoms with van der Waals surface area (Å²) in [5.74, 6) is 0. The van der Waals surface area contributed by atoms with E-state index in [0.29, 0.717) is 6.04 Å². The van der Waals surface area contributed by atoms with Crippen LogP contribution >= 0.6 is 0 Å². The van der Waals surface area contributed by atoms with Gasteiger partial charge in [-0.15, -0.1) is 0 Å². The van der Waals surface area contributed by atoms with Crippen LogP contribution in [0.4, 0.5) is 0 Å². The number of hydrogen-bond donors (Lipinski definition) is 1. The van der Waals surface area contributed by atoms with Gasteiger partial charge >= 0.3 is 0 Å². The quantitative estimate of drug-likeness (QED) is 0.587. The molecule has 2 N–H and O–H groups in total. The van der Waals surface area contributed by atoms with Crippen molar-refractivity contribution in [3.05, 3.63) is 0 Å². The van der Waals surface area contributed by atoms with Gasteiger partial charge < -0.3 is 10.5 Å². The van der Waals surface area contributed by atoms with Crippen molar-refractivity contribution in [2.45, 2.75) is 12.5 Å². The molecule has 1 aliphatic rings. The molecule has 3 heteroatoms. The number of rotatable bonds is 4. The zero-order chi connectivity index (χ0) is 7.40. The van der Waals surface area contributed by atoms with Gasteiger partial charge in [0.1, 0.15) is 0 Å². The maximum Gasteiger partial charge on any atom is 0.0589 e. The molecule has 0 aliphatic carbocycles. The minimum Gasteiger partial charge on any atom is -0.383 e. The lowest BCUT2D eigenvalue weighted by Crippen LogP contribution is -2.52. The van der Waals surface area contributed by atoms with Gasteiger partial charge in [0.05, 0.1) is 6.61 Å². The summed E-state index contributed by atoms with van der Waals surface area (Å²) < 4.78 is 4.96. The summed E-state index contributed by atoms with van der Waals surface area (Å²) in [5, 5.41) is 0. The van der Waals surface area contributed by atoms with Gasteiger partial charge in [0, 0.05) is 32.8 Å². The molecule has 1 fully saturated rings. The molecule has 0 aromatic carbocycles. The summed E-state index contributed by atoms with van der Waals surface area (Å²) in [5.41, 5.74) is 5.51. The predicted octanol–water partition coefficient (Wildman–Crippen LogP) is -0.334. The fraction of sp³-hybridized carbons (Fsp3) is 1.00. The topological polar surface area (TPSA) is 38.5 Å². The first kappa shape index (κ1) is 7.98. The summed E-state index contributed by atoms with van der Waals surface area (Å²) in [6, 6.07) is 0.634. The number of methoxy groups -OCH3 is 1. The molecule has 0 saturated carbocycles. The summed E-state index contributed by atoms with van der Waals surface area (Å²) in [7, 11) is 1.73.